The van der Waals surface area contributed by atoms with Gasteiger partial charge in [-0.3, -0.25) is 0 Å². The zero-order valence-electron chi connectivity index (χ0n) is 13.1. The first-order valence-corrected chi connectivity index (χ1v) is 7.11. The van der Waals surface area contributed by atoms with Gasteiger partial charge in [-0.2, -0.15) is 0 Å². The number of nitrogens with one attached hydrogen (secondary N) is 1. The molecule has 0 radical (unpaired) electrons. The van der Waals surface area contributed by atoms with Gasteiger partial charge in [0.25, 0.3) is 0 Å². The van der Waals surface area contributed by atoms with Crippen LogP contribution >= 0.6 is 0 Å². The van der Waals surface area contributed by atoms with Gasteiger partial charge in [0.15, 0.2) is 0 Å². The fourth-order valence-electron chi connectivity index (χ4n) is 1.99. The van der Waals surface area contributed by atoms with Crippen molar-refractivity contribution < 1.29 is 4.42 Å². The maximum absolute atomic E-state index is 5.56. The standard InChI is InChI=1S/C15H29N3O/c1-13(2)16-11-15-14(7-10-19-15)12-18(5)9-6-8-17(3)4/h7,10,13,16H,6,8-9,11-12H2,1-5H3. The van der Waals surface area contributed by atoms with Crippen molar-refractivity contribution >= 4 is 0 Å². The van der Waals surface area contributed by atoms with Crippen molar-refractivity contribution in [1.82, 2.24) is 15.1 Å². The van der Waals surface area contributed by atoms with Crippen LogP contribution in [0.15, 0.2) is 16.7 Å². The molecule has 0 bridgehead atoms. The van der Waals surface area contributed by atoms with Crippen molar-refractivity contribution in [3.63, 3.8) is 0 Å². The summed E-state index contributed by atoms with van der Waals surface area (Å²) in [5.41, 5.74) is 1.29. The van der Waals surface area contributed by atoms with Crippen LogP contribution in [-0.4, -0.2) is 50.1 Å². The molecule has 0 fully saturated rings. The highest BCUT2D eigenvalue weighted by atomic mass is 16.3. The van der Waals surface area contributed by atoms with Gasteiger partial charge in [0.1, 0.15) is 5.76 Å². The molecule has 0 aliphatic heterocycles. The lowest BCUT2D eigenvalue weighted by atomic mass is 10.2. The molecule has 19 heavy (non-hydrogen) atoms. The van der Waals surface area contributed by atoms with E-state index in [1.807, 2.05) is 0 Å². The van der Waals surface area contributed by atoms with Crippen LogP contribution in [0, 0.1) is 0 Å². The average Bonchev–Trinajstić information content (AvgIpc) is 2.73. The molecule has 0 saturated heterocycles. The lowest BCUT2D eigenvalue weighted by molar-refractivity contribution is 0.292. The molecule has 1 heterocycles. The Kier molecular flexibility index (Phi) is 7.13. The molecule has 1 aromatic heterocycles. The Morgan fingerprint density at radius 3 is 2.58 bits per heavy atom. The lowest BCUT2D eigenvalue weighted by Gasteiger charge is -2.18. The molecule has 0 aromatic carbocycles. The molecular formula is C15H29N3O. The minimum Gasteiger partial charge on any atom is -0.468 e. The van der Waals surface area contributed by atoms with Crippen LogP contribution in [0.1, 0.15) is 31.6 Å². The molecule has 0 unspecified atom stereocenters. The third-order valence-corrected chi connectivity index (χ3v) is 3.09. The van der Waals surface area contributed by atoms with Gasteiger partial charge in [-0.15, -0.1) is 0 Å². The number of hydrogen-bond donors (Lipinski definition) is 1. The van der Waals surface area contributed by atoms with Gasteiger partial charge in [-0.25, -0.2) is 0 Å². The van der Waals surface area contributed by atoms with E-state index in [9.17, 15) is 0 Å². The van der Waals surface area contributed by atoms with Gasteiger partial charge >= 0.3 is 0 Å². The third-order valence-electron chi connectivity index (χ3n) is 3.09. The minimum atomic E-state index is 0.482. The predicted octanol–water partition coefficient (Wildman–Crippen LogP) is 2.16. The van der Waals surface area contributed by atoms with Crippen molar-refractivity contribution in [1.29, 1.82) is 0 Å². The fourth-order valence-corrected chi connectivity index (χ4v) is 1.99. The Bertz CT molecular complexity index is 347. The maximum Gasteiger partial charge on any atom is 0.122 e. The van der Waals surface area contributed by atoms with Crippen molar-refractivity contribution in [2.45, 2.75) is 39.4 Å². The van der Waals surface area contributed by atoms with E-state index in [-0.39, 0.29) is 0 Å². The SMILES string of the molecule is CC(C)NCc1occc1CN(C)CCCN(C)C. The van der Waals surface area contributed by atoms with Crippen LogP contribution in [0.25, 0.3) is 0 Å². The van der Waals surface area contributed by atoms with Gasteiger partial charge in [0, 0.05) is 18.2 Å². The van der Waals surface area contributed by atoms with Crippen molar-refractivity contribution in [2.24, 2.45) is 0 Å². The van der Waals surface area contributed by atoms with E-state index in [0.29, 0.717) is 6.04 Å². The van der Waals surface area contributed by atoms with Crippen LogP contribution in [-0.2, 0) is 13.1 Å². The summed E-state index contributed by atoms with van der Waals surface area (Å²) in [7, 11) is 6.40. The number of hydrogen-bond acceptors (Lipinski definition) is 4. The smallest absolute Gasteiger partial charge is 0.122 e. The molecule has 4 heteroatoms. The van der Waals surface area contributed by atoms with E-state index in [1.54, 1.807) is 6.26 Å². The number of nitrogens with zero attached hydrogens (tertiary/aromatic N) is 2. The van der Waals surface area contributed by atoms with Crippen molar-refractivity contribution in [3.8, 4) is 0 Å². The zero-order valence-corrected chi connectivity index (χ0v) is 13.1. The molecular weight excluding hydrogens is 238 g/mol. The normalized spacial score (nSPS) is 12.0. The molecule has 0 spiro atoms. The average molecular weight is 267 g/mol. The van der Waals surface area contributed by atoms with E-state index in [2.05, 4.69) is 56.2 Å². The first-order valence-electron chi connectivity index (χ1n) is 7.11. The van der Waals surface area contributed by atoms with Crippen molar-refractivity contribution in [3.05, 3.63) is 23.7 Å². The minimum absolute atomic E-state index is 0.482. The molecule has 1 N–H and O–H groups in total. The molecule has 1 aromatic rings. The highest BCUT2D eigenvalue weighted by Gasteiger charge is 2.09. The summed E-state index contributed by atoms with van der Waals surface area (Å²) in [4.78, 5) is 4.58. The van der Waals surface area contributed by atoms with Crippen LogP contribution in [0.3, 0.4) is 0 Å². The summed E-state index contributed by atoms with van der Waals surface area (Å²) in [5.74, 6) is 1.06. The highest BCUT2D eigenvalue weighted by molar-refractivity contribution is 5.16. The maximum atomic E-state index is 5.56. The zero-order chi connectivity index (χ0) is 14.3. The summed E-state index contributed by atoms with van der Waals surface area (Å²) in [6.45, 7) is 8.31. The quantitative estimate of drug-likeness (QED) is 0.743. The van der Waals surface area contributed by atoms with Crippen LogP contribution < -0.4 is 5.32 Å². The Balaban J connectivity index is 2.37. The first kappa shape index (κ1) is 16.2. The Morgan fingerprint density at radius 2 is 1.95 bits per heavy atom. The summed E-state index contributed by atoms with van der Waals surface area (Å²) in [5, 5.41) is 3.40. The lowest BCUT2D eigenvalue weighted by Crippen LogP contribution is -2.25. The predicted molar refractivity (Wildman–Crippen MR) is 80.2 cm³/mol. The molecule has 0 saturated carbocycles. The number of rotatable bonds is 9. The second-order valence-electron chi connectivity index (χ2n) is 5.80. The first-order chi connectivity index (χ1) is 8.99. The van der Waals surface area contributed by atoms with Gasteiger partial charge in [0.2, 0.25) is 0 Å². The summed E-state index contributed by atoms with van der Waals surface area (Å²) in [6, 6.07) is 2.57. The molecule has 0 amide bonds. The second-order valence-corrected chi connectivity index (χ2v) is 5.80. The van der Waals surface area contributed by atoms with Crippen LogP contribution in [0.2, 0.25) is 0 Å². The van der Waals surface area contributed by atoms with Gasteiger partial charge in [0.05, 0.1) is 12.8 Å². The molecule has 4 nitrogen and oxygen atoms in total. The van der Waals surface area contributed by atoms with Crippen LogP contribution in [0.5, 0.6) is 0 Å². The van der Waals surface area contributed by atoms with Gasteiger partial charge < -0.3 is 19.5 Å². The van der Waals surface area contributed by atoms with E-state index in [1.165, 1.54) is 12.0 Å². The fraction of sp³-hybridized carbons (Fsp3) is 0.733. The van der Waals surface area contributed by atoms with Gasteiger partial charge in [-0.1, -0.05) is 13.8 Å². The molecule has 1 rings (SSSR count). The van der Waals surface area contributed by atoms with E-state index >= 15 is 0 Å². The Hall–Kier alpha value is -0.840. The summed E-state index contributed by atoms with van der Waals surface area (Å²) in [6.07, 6.45) is 2.99. The van der Waals surface area contributed by atoms with Gasteiger partial charge in [-0.05, 0) is 46.7 Å². The van der Waals surface area contributed by atoms with Crippen molar-refractivity contribution in [2.75, 3.05) is 34.2 Å². The molecule has 0 aliphatic rings. The van der Waals surface area contributed by atoms with Crippen LogP contribution in [0.4, 0.5) is 0 Å². The molecule has 110 valence electrons. The van der Waals surface area contributed by atoms with E-state index in [4.69, 9.17) is 4.42 Å². The molecule has 0 atom stereocenters. The second kappa shape index (κ2) is 8.35. The Morgan fingerprint density at radius 1 is 1.21 bits per heavy atom. The Labute approximate surface area is 117 Å². The topological polar surface area (TPSA) is 31.7 Å². The van der Waals surface area contributed by atoms with E-state index in [0.717, 1.165) is 31.9 Å². The summed E-state index contributed by atoms with van der Waals surface area (Å²) < 4.78 is 5.56. The monoisotopic (exact) mass is 267 g/mol. The number of furan rings is 1. The molecule has 0 aliphatic carbocycles. The highest BCUT2D eigenvalue weighted by Crippen LogP contribution is 2.13. The van der Waals surface area contributed by atoms with E-state index < -0.39 is 0 Å². The largest absolute Gasteiger partial charge is 0.468 e. The third kappa shape index (κ3) is 6.76. The summed E-state index contributed by atoms with van der Waals surface area (Å²) >= 11 is 0.